The molecule has 0 saturated carbocycles. The van der Waals surface area contributed by atoms with Crippen LogP contribution in [0.15, 0.2) is 75.8 Å². The molecule has 9 nitrogen and oxygen atoms in total. The molecule has 3 N–H and O–H groups in total. The Morgan fingerprint density at radius 1 is 1.00 bits per heavy atom. The predicted molar refractivity (Wildman–Crippen MR) is 142 cm³/mol. The van der Waals surface area contributed by atoms with Gasteiger partial charge in [-0.25, -0.2) is 0 Å². The van der Waals surface area contributed by atoms with Crippen LogP contribution in [0.5, 0.6) is 11.5 Å². The number of aryl methyl sites for hydroxylation is 1. The van der Waals surface area contributed by atoms with Crippen molar-refractivity contribution in [2.24, 2.45) is 10.2 Å². The molecule has 37 heavy (non-hydrogen) atoms. The van der Waals surface area contributed by atoms with E-state index in [1.165, 1.54) is 19.2 Å². The fraction of sp³-hybridized carbons (Fsp3) is 0.0800. The molecule has 0 bridgehead atoms. The van der Waals surface area contributed by atoms with Crippen LogP contribution in [0.2, 0.25) is 10.0 Å². The number of aromatic hydroxyl groups is 1. The molecule has 190 valence electrons. The van der Waals surface area contributed by atoms with Gasteiger partial charge in [-0.2, -0.15) is 13.5 Å². The number of fused-ring (bicyclic) bond motifs is 1. The number of hydrogen-bond donors (Lipinski definition) is 3. The molecule has 0 aromatic heterocycles. The first-order chi connectivity index (χ1) is 17.5. The average molecular weight is 560 g/mol. The maximum atomic E-state index is 13.1. The summed E-state index contributed by atoms with van der Waals surface area (Å²) in [6, 6.07) is 15.6. The fourth-order valence-electron chi connectivity index (χ4n) is 3.56. The molecule has 4 rings (SSSR count). The Labute approximate surface area is 222 Å². The van der Waals surface area contributed by atoms with Crippen molar-refractivity contribution in [1.29, 1.82) is 0 Å². The van der Waals surface area contributed by atoms with Gasteiger partial charge in [0.2, 0.25) is 0 Å². The van der Waals surface area contributed by atoms with Crippen molar-refractivity contribution in [2.45, 2.75) is 11.8 Å². The minimum atomic E-state index is -4.53. The van der Waals surface area contributed by atoms with E-state index in [0.717, 1.165) is 6.07 Å². The number of rotatable bonds is 6. The zero-order valence-corrected chi connectivity index (χ0v) is 21.7. The lowest BCUT2D eigenvalue weighted by Crippen LogP contribution is -2.12. The van der Waals surface area contributed by atoms with E-state index >= 15 is 0 Å². The van der Waals surface area contributed by atoms with Crippen LogP contribution in [0.3, 0.4) is 0 Å². The van der Waals surface area contributed by atoms with E-state index in [1.54, 1.807) is 49.4 Å². The highest BCUT2D eigenvalue weighted by molar-refractivity contribution is 7.86. The SMILES string of the molecule is COc1ccc(Cl)c(NC(=O)c2cc3ccccc3c(N=Nc3cc(Cl)c(S(=O)(=O)O)cc3C)c2O)c1. The van der Waals surface area contributed by atoms with Crippen molar-refractivity contribution in [3.63, 3.8) is 0 Å². The van der Waals surface area contributed by atoms with Crippen molar-refractivity contribution in [2.75, 3.05) is 12.4 Å². The standard InChI is InChI=1S/C25H19Cl2N3O6S/c1-13-9-22(37(33,34)35)19(27)12-20(13)29-30-23-16-6-4-3-5-14(16)10-17(24(23)31)25(32)28-21-11-15(36-2)7-8-18(21)26/h3-12,31H,1-2H3,(H,28,32)(H,33,34,35). The second-order valence-electron chi connectivity index (χ2n) is 7.89. The fourth-order valence-corrected chi connectivity index (χ4v) is 4.81. The van der Waals surface area contributed by atoms with E-state index in [1.807, 2.05) is 0 Å². The van der Waals surface area contributed by atoms with Crippen LogP contribution in [0.1, 0.15) is 15.9 Å². The number of carbonyl (C=O) groups excluding carboxylic acids is 1. The largest absolute Gasteiger partial charge is 0.505 e. The first-order valence-electron chi connectivity index (χ1n) is 10.6. The zero-order chi connectivity index (χ0) is 26.9. The minimum Gasteiger partial charge on any atom is -0.505 e. The van der Waals surface area contributed by atoms with E-state index in [9.17, 15) is 22.9 Å². The molecule has 1 amide bonds. The Bertz CT molecular complexity index is 1690. The third kappa shape index (κ3) is 5.52. The lowest BCUT2D eigenvalue weighted by Gasteiger charge is -2.13. The Balaban J connectivity index is 1.79. The summed E-state index contributed by atoms with van der Waals surface area (Å²) >= 11 is 12.2. The molecular formula is C25H19Cl2N3O6S. The second-order valence-corrected chi connectivity index (χ2v) is 10.1. The molecule has 0 fully saturated rings. The Hall–Kier alpha value is -3.70. The summed E-state index contributed by atoms with van der Waals surface area (Å²) in [7, 11) is -3.05. The van der Waals surface area contributed by atoms with Gasteiger partial charge in [-0.05, 0) is 48.2 Å². The molecule has 0 aliphatic rings. The summed E-state index contributed by atoms with van der Waals surface area (Å²) in [6.07, 6.45) is 0. The van der Waals surface area contributed by atoms with Crippen LogP contribution in [0.25, 0.3) is 10.8 Å². The first kappa shape index (κ1) is 26.4. The van der Waals surface area contributed by atoms with E-state index < -0.39 is 26.7 Å². The molecule has 4 aromatic rings. The maximum absolute atomic E-state index is 13.1. The number of ether oxygens (including phenoxy) is 1. The van der Waals surface area contributed by atoms with E-state index in [0.29, 0.717) is 22.1 Å². The normalized spacial score (nSPS) is 11.7. The van der Waals surface area contributed by atoms with Crippen LogP contribution in [0, 0.1) is 6.92 Å². The number of hydrogen-bond acceptors (Lipinski definition) is 7. The number of methoxy groups -OCH3 is 1. The zero-order valence-electron chi connectivity index (χ0n) is 19.4. The van der Waals surface area contributed by atoms with Gasteiger partial charge in [-0.1, -0.05) is 47.5 Å². The monoisotopic (exact) mass is 559 g/mol. The molecule has 0 unspecified atom stereocenters. The lowest BCUT2D eigenvalue weighted by molar-refractivity contribution is 0.102. The summed E-state index contributed by atoms with van der Waals surface area (Å²) in [6.45, 7) is 1.55. The first-order valence-corrected chi connectivity index (χ1v) is 12.8. The van der Waals surface area contributed by atoms with Gasteiger partial charge in [-0.3, -0.25) is 9.35 Å². The predicted octanol–water partition coefficient (Wildman–Crippen LogP) is 7.08. The number of carbonyl (C=O) groups is 1. The second kappa shape index (κ2) is 10.3. The highest BCUT2D eigenvalue weighted by atomic mass is 35.5. The van der Waals surface area contributed by atoms with Crippen LogP contribution < -0.4 is 10.1 Å². The van der Waals surface area contributed by atoms with Crippen LogP contribution >= 0.6 is 23.2 Å². The molecule has 0 atom stereocenters. The number of anilines is 1. The maximum Gasteiger partial charge on any atom is 0.296 e. The molecule has 0 spiro atoms. The quantitative estimate of drug-likeness (QED) is 0.170. The number of halogens is 2. The summed E-state index contributed by atoms with van der Waals surface area (Å²) in [5.41, 5.74) is 0.758. The van der Waals surface area contributed by atoms with Crippen LogP contribution in [-0.4, -0.2) is 31.1 Å². The van der Waals surface area contributed by atoms with Gasteiger partial charge in [0.1, 0.15) is 16.3 Å². The van der Waals surface area contributed by atoms with Crippen molar-refractivity contribution in [3.8, 4) is 11.5 Å². The number of phenolic OH excluding ortho intramolecular Hbond substituents is 1. The molecule has 12 heteroatoms. The molecule has 0 heterocycles. The topological polar surface area (TPSA) is 138 Å². The van der Waals surface area contributed by atoms with E-state index in [2.05, 4.69) is 15.5 Å². The van der Waals surface area contributed by atoms with Crippen molar-refractivity contribution in [3.05, 3.63) is 81.8 Å². The third-order valence-electron chi connectivity index (χ3n) is 5.45. The molecule has 0 radical (unpaired) electrons. The van der Waals surface area contributed by atoms with Crippen LogP contribution in [-0.2, 0) is 10.1 Å². The summed E-state index contributed by atoms with van der Waals surface area (Å²) in [5.74, 6) is -0.602. The molecule has 0 aliphatic heterocycles. The van der Waals surface area contributed by atoms with Gasteiger partial charge in [0.25, 0.3) is 16.0 Å². The molecular weight excluding hydrogens is 541 g/mol. The van der Waals surface area contributed by atoms with E-state index in [-0.39, 0.29) is 32.7 Å². The number of nitrogens with one attached hydrogen (secondary N) is 1. The van der Waals surface area contributed by atoms with E-state index in [4.69, 9.17) is 27.9 Å². The Kier molecular flexibility index (Phi) is 7.37. The lowest BCUT2D eigenvalue weighted by atomic mass is 10.0. The number of nitrogens with zero attached hydrogens (tertiary/aromatic N) is 2. The van der Waals surface area contributed by atoms with Gasteiger partial charge >= 0.3 is 0 Å². The third-order valence-corrected chi connectivity index (χ3v) is 7.10. The minimum absolute atomic E-state index is 0.00867. The number of benzene rings is 4. The molecule has 0 saturated heterocycles. The van der Waals surface area contributed by atoms with Crippen LogP contribution in [0.4, 0.5) is 17.1 Å². The Morgan fingerprint density at radius 2 is 1.73 bits per heavy atom. The highest BCUT2D eigenvalue weighted by Crippen LogP contribution is 2.41. The average Bonchev–Trinajstić information content (AvgIpc) is 2.85. The van der Waals surface area contributed by atoms with Gasteiger partial charge in [0, 0.05) is 11.5 Å². The smallest absolute Gasteiger partial charge is 0.296 e. The number of azo groups is 1. The van der Waals surface area contributed by atoms with Crippen molar-refractivity contribution < 1.29 is 27.6 Å². The van der Waals surface area contributed by atoms with Gasteiger partial charge in [0.15, 0.2) is 5.75 Å². The summed E-state index contributed by atoms with van der Waals surface area (Å²) in [5, 5.41) is 23.1. The van der Waals surface area contributed by atoms with Gasteiger partial charge in [-0.15, -0.1) is 5.11 Å². The Morgan fingerprint density at radius 3 is 2.43 bits per heavy atom. The number of amides is 1. The highest BCUT2D eigenvalue weighted by Gasteiger charge is 2.20. The van der Waals surface area contributed by atoms with Crippen molar-refractivity contribution in [1.82, 2.24) is 0 Å². The molecule has 0 aliphatic carbocycles. The van der Waals surface area contributed by atoms with Gasteiger partial charge < -0.3 is 15.2 Å². The number of phenols is 1. The summed E-state index contributed by atoms with van der Waals surface area (Å²) in [4.78, 5) is 12.7. The molecule has 4 aromatic carbocycles. The van der Waals surface area contributed by atoms with Crippen molar-refractivity contribution >= 4 is 67.1 Å². The summed E-state index contributed by atoms with van der Waals surface area (Å²) < 4.78 is 37.5. The van der Waals surface area contributed by atoms with Gasteiger partial charge in [0.05, 0.1) is 34.1 Å².